The highest BCUT2D eigenvalue weighted by Crippen LogP contribution is 2.23. The fourth-order valence-corrected chi connectivity index (χ4v) is 4.55. The molecular weight excluding hydrogens is 428 g/mol. The van der Waals surface area contributed by atoms with E-state index in [-0.39, 0.29) is 30.5 Å². The van der Waals surface area contributed by atoms with Crippen LogP contribution in [0.1, 0.15) is 54.7 Å². The maximum absolute atomic E-state index is 12.8. The minimum absolute atomic E-state index is 0.00181. The maximum atomic E-state index is 12.8. The van der Waals surface area contributed by atoms with Crippen molar-refractivity contribution in [3.8, 4) is 5.75 Å². The van der Waals surface area contributed by atoms with Gasteiger partial charge in [0, 0.05) is 23.7 Å². The number of carbonyl (C=O) groups is 2. The van der Waals surface area contributed by atoms with Crippen LogP contribution >= 0.6 is 0 Å². The van der Waals surface area contributed by atoms with E-state index in [9.17, 15) is 9.59 Å². The number of benzene rings is 2. The molecule has 2 amide bonds. The average Bonchev–Trinajstić information content (AvgIpc) is 3.16. The number of rotatable bonds is 7. The van der Waals surface area contributed by atoms with Crippen LogP contribution in [-0.2, 0) is 11.3 Å². The molecule has 2 heterocycles. The summed E-state index contributed by atoms with van der Waals surface area (Å²) in [5, 5.41) is 7.45. The number of carbonyl (C=O) groups excluding carboxylic acids is 2. The highest BCUT2D eigenvalue weighted by molar-refractivity contribution is 6.03. The van der Waals surface area contributed by atoms with Gasteiger partial charge in [0.1, 0.15) is 11.6 Å². The van der Waals surface area contributed by atoms with E-state index in [0.717, 1.165) is 30.5 Å². The van der Waals surface area contributed by atoms with Crippen LogP contribution in [0.4, 0.5) is 5.82 Å². The minimum Gasteiger partial charge on any atom is -0.484 e. The van der Waals surface area contributed by atoms with Gasteiger partial charge < -0.3 is 15.0 Å². The lowest BCUT2D eigenvalue weighted by Crippen LogP contribution is -2.49. The largest absolute Gasteiger partial charge is 0.484 e. The molecule has 0 aliphatic carbocycles. The van der Waals surface area contributed by atoms with Crippen molar-refractivity contribution in [3.63, 3.8) is 0 Å². The molecule has 2 aromatic carbocycles. The summed E-state index contributed by atoms with van der Waals surface area (Å²) < 4.78 is 7.51. The third-order valence-electron chi connectivity index (χ3n) is 6.28. The first-order chi connectivity index (χ1) is 16.4. The third kappa shape index (κ3) is 5.65. The lowest BCUT2D eigenvalue weighted by Gasteiger charge is -2.38. The zero-order valence-corrected chi connectivity index (χ0v) is 20.0. The van der Waals surface area contributed by atoms with Gasteiger partial charge in [-0.25, -0.2) is 4.68 Å². The Labute approximate surface area is 200 Å². The van der Waals surface area contributed by atoms with E-state index in [0.29, 0.717) is 23.7 Å². The summed E-state index contributed by atoms with van der Waals surface area (Å²) in [5.41, 5.74) is 2.43. The lowest BCUT2D eigenvalue weighted by molar-refractivity contribution is -0.139. The van der Waals surface area contributed by atoms with Gasteiger partial charge in [0.25, 0.3) is 11.8 Å². The second kappa shape index (κ2) is 10.5. The van der Waals surface area contributed by atoms with Crippen molar-refractivity contribution in [3.05, 3.63) is 77.5 Å². The van der Waals surface area contributed by atoms with E-state index >= 15 is 0 Å². The predicted molar refractivity (Wildman–Crippen MR) is 132 cm³/mol. The smallest absolute Gasteiger partial charge is 0.260 e. The first-order valence-corrected chi connectivity index (χ1v) is 11.8. The van der Waals surface area contributed by atoms with Crippen molar-refractivity contribution >= 4 is 17.6 Å². The van der Waals surface area contributed by atoms with Gasteiger partial charge in [0.05, 0.1) is 12.2 Å². The molecule has 7 nitrogen and oxygen atoms in total. The van der Waals surface area contributed by atoms with E-state index in [1.54, 1.807) is 28.9 Å². The number of ether oxygens (including phenoxy) is 1. The molecule has 0 saturated carbocycles. The van der Waals surface area contributed by atoms with E-state index in [1.807, 2.05) is 48.2 Å². The highest BCUT2D eigenvalue weighted by atomic mass is 16.5. The van der Waals surface area contributed by atoms with Crippen LogP contribution < -0.4 is 10.1 Å². The highest BCUT2D eigenvalue weighted by Gasteiger charge is 2.29. The van der Waals surface area contributed by atoms with Crippen molar-refractivity contribution in [1.82, 2.24) is 14.7 Å². The number of hydrogen-bond acceptors (Lipinski definition) is 4. The Morgan fingerprint density at radius 1 is 1.03 bits per heavy atom. The molecule has 1 fully saturated rings. The number of nitrogens with one attached hydrogen (secondary N) is 1. The number of nitrogens with zero attached hydrogens (tertiary/aromatic N) is 3. The van der Waals surface area contributed by atoms with Gasteiger partial charge in [-0.15, -0.1) is 0 Å². The number of aryl methyl sites for hydroxylation is 1. The monoisotopic (exact) mass is 460 g/mol. The van der Waals surface area contributed by atoms with Crippen molar-refractivity contribution < 1.29 is 14.3 Å². The number of piperidine rings is 1. The summed E-state index contributed by atoms with van der Waals surface area (Å²) in [6.07, 6.45) is 3.22. The van der Waals surface area contributed by atoms with Crippen LogP contribution in [0, 0.1) is 6.92 Å². The number of amides is 2. The first-order valence-electron chi connectivity index (χ1n) is 11.8. The van der Waals surface area contributed by atoms with Crippen LogP contribution in [0.5, 0.6) is 5.75 Å². The van der Waals surface area contributed by atoms with Crippen LogP contribution in [0.2, 0.25) is 0 Å². The molecule has 0 spiro atoms. The topological polar surface area (TPSA) is 76.5 Å². The SMILES string of the molecule is Cc1cc(NC(=O)c2ccc(OCC(=O)N3C(C)CCCC3C)cc2)n(Cc2ccccc2)n1. The molecule has 0 bridgehead atoms. The van der Waals surface area contributed by atoms with Crippen molar-refractivity contribution in [2.45, 2.75) is 58.7 Å². The Morgan fingerprint density at radius 3 is 2.38 bits per heavy atom. The molecule has 1 N–H and O–H groups in total. The Kier molecular flexibility index (Phi) is 7.30. The lowest BCUT2D eigenvalue weighted by atomic mass is 9.97. The van der Waals surface area contributed by atoms with E-state index in [4.69, 9.17) is 4.74 Å². The zero-order valence-electron chi connectivity index (χ0n) is 20.0. The Bertz CT molecular complexity index is 1110. The minimum atomic E-state index is -0.229. The Balaban J connectivity index is 1.35. The average molecular weight is 461 g/mol. The van der Waals surface area contributed by atoms with Crippen LogP contribution in [-0.4, -0.2) is 45.2 Å². The second-order valence-corrected chi connectivity index (χ2v) is 9.01. The third-order valence-corrected chi connectivity index (χ3v) is 6.28. The number of anilines is 1. The Hall–Kier alpha value is -3.61. The maximum Gasteiger partial charge on any atom is 0.260 e. The van der Waals surface area contributed by atoms with Gasteiger partial charge >= 0.3 is 0 Å². The van der Waals surface area contributed by atoms with Crippen LogP contribution in [0.3, 0.4) is 0 Å². The molecule has 4 rings (SSSR count). The number of aromatic nitrogens is 2. The summed E-state index contributed by atoms with van der Waals surface area (Å²) in [4.78, 5) is 27.4. The molecule has 178 valence electrons. The normalized spacial score (nSPS) is 17.9. The van der Waals surface area contributed by atoms with E-state index in [1.165, 1.54) is 0 Å². The van der Waals surface area contributed by atoms with Gasteiger partial charge in [0.2, 0.25) is 0 Å². The van der Waals surface area contributed by atoms with Crippen molar-refractivity contribution in [1.29, 1.82) is 0 Å². The fourth-order valence-electron chi connectivity index (χ4n) is 4.55. The van der Waals surface area contributed by atoms with Crippen LogP contribution in [0.15, 0.2) is 60.7 Å². The zero-order chi connectivity index (χ0) is 24.1. The molecule has 1 aliphatic heterocycles. The van der Waals surface area contributed by atoms with Crippen LogP contribution in [0.25, 0.3) is 0 Å². The van der Waals surface area contributed by atoms with Gasteiger partial charge in [0.15, 0.2) is 6.61 Å². The van der Waals surface area contributed by atoms with Gasteiger partial charge in [-0.1, -0.05) is 30.3 Å². The molecule has 2 atom stereocenters. The van der Waals surface area contributed by atoms with Crippen molar-refractivity contribution in [2.75, 3.05) is 11.9 Å². The second-order valence-electron chi connectivity index (χ2n) is 9.01. The molecular formula is C27H32N4O3. The number of hydrogen-bond donors (Lipinski definition) is 1. The molecule has 1 saturated heterocycles. The van der Waals surface area contributed by atoms with E-state index < -0.39 is 0 Å². The summed E-state index contributed by atoms with van der Waals surface area (Å²) >= 11 is 0. The molecule has 1 aromatic heterocycles. The van der Waals surface area contributed by atoms with E-state index in [2.05, 4.69) is 24.3 Å². The first kappa shape index (κ1) is 23.5. The molecule has 1 aliphatic rings. The van der Waals surface area contributed by atoms with Gasteiger partial charge in [-0.3, -0.25) is 9.59 Å². The molecule has 3 aromatic rings. The quantitative estimate of drug-likeness (QED) is 0.556. The van der Waals surface area contributed by atoms with Gasteiger partial charge in [-0.05, 0) is 69.9 Å². The molecule has 2 unspecified atom stereocenters. The predicted octanol–water partition coefficient (Wildman–Crippen LogP) is 4.66. The summed E-state index contributed by atoms with van der Waals surface area (Å²) in [5.74, 6) is 0.977. The summed E-state index contributed by atoms with van der Waals surface area (Å²) in [6, 6.07) is 19.2. The fraction of sp³-hybridized carbons (Fsp3) is 0.370. The number of likely N-dealkylation sites (tertiary alicyclic amines) is 1. The Morgan fingerprint density at radius 2 is 1.71 bits per heavy atom. The van der Waals surface area contributed by atoms with Crippen molar-refractivity contribution in [2.24, 2.45) is 0 Å². The molecule has 7 heteroatoms. The summed E-state index contributed by atoms with van der Waals surface area (Å²) in [6.45, 7) is 6.65. The summed E-state index contributed by atoms with van der Waals surface area (Å²) in [7, 11) is 0. The standard InChI is InChI=1S/C27H32N4O3/c1-19-16-25(30(29-19)17-22-10-5-4-6-11-22)28-27(33)23-12-14-24(15-13-23)34-18-26(32)31-20(2)8-7-9-21(31)3/h4-6,10-16,20-21H,7-9,17-18H2,1-3H3,(H,28,33). The molecule has 0 radical (unpaired) electrons. The molecule has 34 heavy (non-hydrogen) atoms. The van der Waals surface area contributed by atoms with Gasteiger partial charge in [-0.2, -0.15) is 5.10 Å².